The van der Waals surface area contributed by atoms with Gasteiger partial charge in [0.05, 0.1) is 50.7 Å². The van der Waals surface area contributed by atoms with E-state index in [1.54, 1.807) is 0 Å². The van der Waals surface area contributed by atoms with E-state index in [0.717, 1.165) is 6.07 Å². The van der Waals surface area contributed by atoms with Gasteiger partial charge in [-0.25, -0.2) is 5.43 Å². The average molecular weight is 460 g/mol. The normalized spacial score (nSPS) is 16.8. The number of nitrogens with one attached hydrogen (secondary N) is 1. The number of morpholine rings is 2. The third-order valence-electron chi connectivity index (χ3n) is 5.09. The summed E-state index contributed by atoms with van der Waals surface area (Å²) in [5.74, 6) is 0.878. The second kappa shape index (κ2) is 10.2. The molecule has 0 unspecified atom stereocenters. The monoisotopic (exact) mass is 460 g/mol. The van der Waals surface area contributed by atoms with Gasteiger partial charge in [-0.1, -0.05) is 0 Å². The highest BCUT2D eigenvalue weighted by atomic mass is 16.6. The van der Waals surface area contributed by atoms with E-state index in [1.165, 1.54) is 19.4 Å². The summed E-state index contributed by atoms with van der Waals surface area (Å²) < 4.78 is 15.8. The number of rotatable bonds is 7. The Morgan fingerprint density at radius 1 is 1.09 bits per heavy atom. The van der Waals surface area contributed by atoms with Crippen LogP contribution in [0.3, 0.4) is 0 Å². The van der Waals surface area contributed by atoms with Gasteiger partial charge in [0.25, 0.3) is 5.69 Å². The molecule has 0 saturated carbocycles. The molecule has 2 N–H and O–H groups in total. The number of aromatic nitrogens is 3. The lowest BCUT2D eigenvalue weighted by atomic mass is 10.2. The van der Waals surface area contributed by atoms with Crippen LogP contribution in [0.5, 0.6) is 11.5 Å². The number of aromatic hydroxyl groups is 1. The number of hydrazone groups is 1. The molecule has 2 aliphatic rings. The molecule has 14 nitrogen and oxygen atoms in total. The maximum Gasteiger partial charge on any atom is 0.274 e. The van der Waals surface area contributed by atoms with E-state index in [1.807, 2.05) is 9.80 Å². The number of benzene rings is 1. The minimum absolute atomic E-state index is 0.0324. The fourth-order valence-electron chi connectivity index (χ4n) is 3.35. The van der Waals surface area contributed by atoms with Crippen LogP contribution in [0.4, 0.5) is 23.5 Å². The van der Waals surface area contributed by atoms with Crippen LogP contribution >= 0.6 is 0 Å². The molecule has 0 atom stereocenters. The van der Waals surface area contributed by atoms with Gasteiger partial charge in [-0.2, -0.15) is 20.1 Å². The van der Waals surface area contributed by atoms with Crippen molar-refractivity contribution < 1.29 is 24.2 Å². The molecule has 1 aromatic carbocycles. The van der Waals surface area contributed by atoms with Crippen LogP contribution in [0.15, 0.2) is 17.2 Å². The molecule has 0 radical (unpaired) electrons. The van der Waals surface area contributed by atoms with Gasteiger partial charge in [-0.05, 0) is 0 Å². The maximum absolute atomic E-state index is 11.2. The van der Waals surface area contributed by atoms with Crippen LogP contribution in [0.2, 0.25) is 0 Å². The Kier molecular flexibility index (Phi) is 6.95. The number of nitro benzene ring substituents is 1. The number of non-ortho nitro benzene ring substituents is 1. The Bertz CT molecular complexity index is 987. The average Bonchev–Trinajstić information content (AvgIpc) is 2.86. The SMILES string of the molecule is COc1cc([N+](=O)[O-])cc(C=NNc2nc(N3CCOCC3)nc(N3CCOCC3)n2)c1O. The summed E-state index contributed by atoms with van der Waals surface area (Å²) in [6.07, 6.45) is 1.23. The number of methoxy groups -OCH3 is 1. The fraction of sp³-hybridized carbons (Fsp3) is 0.474. The molecule has 2 saturated heterocycles. The molecule has 176 valence electrons. The summed E-state index contributed by atoms with van der Waals surface area (Å²) in [4.78, 5) is 28.1. The number of ether oxygens (including phenoxy) is 3. The van der Waals surface area contributed by atoms with Crippen LogP contribution in [-0.4, -0.2) is 90.9 Å². The van der Waals surface area contributed by atoms with Gasteiger partial charge in [0.2, 0.25) is 17.8 Å². The minimum atomic E-state index is -0.581. The van der Waals surface area contributed by atoms with Crippen LogP contribution in [0, 0.1) is 10.1 Å². The first-order chi connectivity index (χ1) is 16.0. The summed E-state index contributed by atoms with van der Waals surface area (Å²) >= 11 is 0. The number of phenols is 1. The lowest BCUT2D eigenvalue weighted by Crippen LogP contribution is -2.40. The highest BCUT2D eigenvalue weighted by Crippen LogP contribution is 2.33. The second-order valence-corrected chi connectivity index (χ2v) is 7.17. The Balaban J connectivity index is 1.60. The highest BCUT2D eigenvalue weighted by molar-refractivity contribution is 5.86. The largest absolute Gasteiger partial charge is 0.504 e. The van der Waals surface area contributed by atoms with Gasteiger partial charge in [0, 0.05) is 37.8 Å². The second-order valence-electron chi connectivity index (χ2n) is 7.17. The summed E-state index contributed by atoms with van der Waals surface area (Å²) in [6.45, 7) is 4.90. The van der Waals surface area contributed by atoms with Gasteiger partial charge in [-0.3, -0.25) is 10.1 Å². The number of anilines is 3. The van der Waals surface area contributed by atoms with Crippen molar-refractivity contribution in [2.24, 2.45) is 5.10 Å². The van der Waals surface area contributed by atoms with Gasteiger partial charge in [0.1, 0.15) is 0 Å². The maximum atomic E-state index is 11.2. The zero-order valence-electron chi connectivity index (χ0n) is 18.0. The van der Waals surface area contributed by atoms with E-state index >= 15 is 0 Å². The van der Waals surface area contributed by atoms with E-state index in [-0.39, 0.29) is 28.7 Å². The highest BCUT2D eigenvalue weighted by Gasteiger charge is 2.21. The molecular formula is C19H24N8O6. The van der Waals surface area contributed by atoms with E-state index in [2.05, 4.69) is 25.5 Å². The van der Waals surface area contributed by atoms with Crippen molar-refractivity contribution in [3.63, 3.8) is 0 Å². The van der Waals surface area contributed by atoms with Crippen LogP contribution in [0.1, 0.15) is 5.56 Å². The molecular weight excluding hydrogens is 436 g/mol. The van der Waals surface area contributed by atoms with Crippen LogP contribution in [0.25, 0.3) is 0 Å². The Morgan fingerprint density at radius 2 is 1.67 bits per heavy atom. The first-order valence-corrected chi connectivity index (χ1v) is 10.3. The number of hydrogen-bond donors (Lipinski definition) is 2. The minimum Gasteiger partial charge on any atom is -0.504 e. The standard InChI is InChI=1S/C19H24N8O6/c1-31-15-11-14(27(29)30)10-13(16(15)28)12-20-24-17-21-18(25-2-6-32-7-3-25)23-19(22-17)26-4-8-33-9-5-26/h10-12,28H,2-9H2,1H3,(H,21,22,23,24). The van der Waals surface area contributed by atoms with Crippen molar-refractivity contribution in [1.29, 1.82) is 0 Å². The van der Waals surface area contributed by atoms with Crippen molar-refractivity contribution >= 4 is 29.7 Å². The summed E-state index contributed by atoms with van der Waals surface area (Å²) in [6, 6.07) is 2.32. The van der Waals surface area contributed by atoms with Crippen molar-refractivity contribution in [1.82, 2.24) is 15.0 Å². The Hall–Kier alpha value is -3.78. The van der Waals surface area contributed by atoms with E-state index in [4.69, 9.17) is 14.2 Å². The van der Waals surface area contributed by atoms with Crippen LogP contribution < -0.4 is 20.0 Å². The molecule has 2 aliphatic heterocycles. The van der Waals surface area contributed by atoms with Crippen molar-refractivity contribution in [3.8, 4) is 11.5 Å². The number of phenolic OH excluding ortho intramolecular Hbond substituents is 1. The Morgan fingerprint density at radius 3 is 2.18 bits per heavy atom. The Labute approximate surface area is 189 Å². The lowest BCUT2D eigenvalue weighted by Gasteiger charge is -2.30. The van der Waals surface area contributed by atoms with Crippen molar-refractivity contribution in [2.45, 2.75) is 0 Å². The molecule has 14 heteroatoms. The first kappa shape index (κ1) is 22.4. The molecule has 1 aromatic heterocycles. The summed E-state index contributed by atoms with van der Waals surface area (Å²) in [7, 11) is 1.31. The number of nitro groups is 1. The molecule has 2 aromatic rings. The first-order valence-electron chi connectivity index (χ1n) is 10.3. The quantitative estimate of drug-likeness (QED) is 0.337. The molecule has 3 heterocycles. The molecule has 33 heavy (non-hydrogen) atoms. The van der Waals surface area contributed by atoms with E-state index in [9.17, 15) is 15.2 Å². The van der Waals surface area contributed by atoms with Crippen molar-refractivity contribution in [2.75, 3.05) is 74.9 Å². The van der Waals surface area contributed by atoms with Gasteiger partial charge < -0.3 is 29.1 Å². The predicted octanol–water partition coefficient (Wildman–Crippen LogP) is 0.613. The van der Waals surface area contributed by atoms with Crippen LogP contribution in [-0.2, 0) is 9.47 Å². The summed E-state index contributed by atoms with van der Waals surface area (Å²) in [5, 5.41) is 25.5. The molecule has 4 rings (SSSR count). The molecule has 0 spiro atoms. The number of hydrogen-bond acceptors (Lipinski definition) is 13. The zero-order valence-corrected chi connectivity index (χ0v) is 18.0. The predicted molar refractivity (Wildman–Crippen MR) is 118 cm³/mol. The third kappa shape index (κ3) is 5.35. The molecule has 0 bridgehead atoms. The van der Waals surface area contributed by atoms with Crippen molar-refractivity contribution in [3.05, 3.63) is 27.8 Å². The molecule has 0 aliphatic carbocycles. The summed E-state index contributed by atoms with van der Waals surface area (Å²) in [5.41, 5.74) is 2.60. The lowest BCUT2D eigenvalue weighted by molar-refractivity contribution is -0.385. The van der Waals surface area contributed by atoms with Gasteiger partial charge in [-0.15, -0.1) is 0 Å². The number of nitrogens with zero attached hydrogens (tertiary/aromatic N) is 7. The van der Waals surface area contributed by atoms with Gasteiger partial charge in [0.15, 0.2) is 11.5 Å². The van der Waals surface area contributed by atoms with E-state index < -0.39 is 4.92 Å². The topological polar surface area (TPSA) is 161 Å². The fourth-order valence-corrected chi connectivity index (χ4v) is 3.35. The molecule has 0 amide bonds. The zero-order chi connectivity index (χ0) is 23.2. The van der Waals surface area contributed by atoms with Gasteiger partial charge >= 0.3 is 0 Å². The van der Waals surface area contributed by atoms with E-state index in [0.29, 0.717) is 64.5 Å². The third-order valence-corrected chi connectivity index (χ3v) is 5.09. The smallest absolute Gasteiger partial charge is 0.274 e. The molecule has 2 fully saturated rings.